The Morgan fingerprint density at radius 2 is 1.40 bits per heavy atom. The van der Waals surface area contributed by atoms with Crippen molar-refractivity contribution in [2.24, 2.45) is 11.8 Å². The van der Waals surface area contributed by atoms with Gasteiger partial charge in [-0.25, -0.2) is 12.4 Å². The van der Waals surface area contributed by atoms with Gasteiger partial charge in [-0.1, -0.05) is 122 Å². The van der Waals surface area contributed by atoms with Gasteiger partial charge in [0.15, 0.2) is 0 Å². The fourth-order valence-corrected chi connectivity index (χ4v) is 10.8. The van der Waals surface area contributed by atoms with Gasteiger partial charge in [-0.2, -0.15) is 0 Å². The third kappa shape index (κ3) is 12.2. The molecule has 4 atom stereocenters. The first-order chi connectivity index (χ1) is 30.2. The molecule has 4 N–H and O–H groups in total. The van der Waals surface area contributed by atoms with E-state index in [4.69, 9.17) is 0 Å². The Morgan fingerprint density at radius 1 is 0.714 bits per heavy atom. The number of nitrogens with one attached hydrogen (secondary N) is 4. The van der Waals surface area contributed by atoms with Crippen molar-refractivity contribution in [2.45, 2.75) is 103 Å². The van der Waals surface area contributed by atoms with Crippen molar-refractivity contribution in [3.05, 3.63) is 149 Å². The number of amides is 3. The highest BCUT2D eigenvalue weighted by atomic mass is 32.2. The lowest BCUT2D eigenvalue weighted by Crippen LogP contribution is -2.44. The summed E-state index contributed by atoms with van der Waals surface area (Å²) in [6.07, 6.45) is 5.25. The van der Waals surface area contributed by atoms with E-state index in [0.717, 1.165) is 53.2 Å². The second-order valence-electron chi connectivity index (χ2n) is 17.3. The molecule has 332 valence electrons. The van der Waals surface area contributed by atoms with E-state index in [9.17, 15) is 22.8 Å². The predicted octanol–water partition coefficient (Wildman–Crippen LogP) is 8.47. The van der Waals surface area contributed by atoms with Crippen LogP contribution in [-0.2, 0) is 43.8 Å². The van der Waals surface area contributed by atoms with Gasteiger partial charge >= 0.3 is 0 Å². The maximum absolute atomic E-state index is 14.7. The number of aromatic nitrogens is 1. The molecule has 10 nitrogen and oxygen atoms in total. The summed E-state index contributed by atoms with van der Waals surface area (Å²) in [7, 11) is -2.40. The Kier molecular flexibility index (Phi) is 16.0. The number of benzene rings is 5. The summed E-state index contributed by atoms with van der Waals surface area (Å²) in [6.45, 7) is 10.9. The molecule has 63 heavy (non-hydrogen) atoms. The molecule has 0 unspecified atom stereocenters. The largest absolute Gasteiger partial charge is 0.359 e. The fraction of sp³-hybridized carbons (Fsp3) is 0.365. The Balaban J connectivity index is 1.25. The Bertz CT molecular complexity index is 2620. The molecule has 3 amide bonds. The molecule has 0 aliphatic carbocycles. The number of unbranched alkanes of at least 4 members (excludes halogenated alkanes) is 1. The zero-order chi connectivity index (χ0) is 45.1. The van der Waals surface area contributed by atoms with Gasteiger partial charge in [-0.3, -0.25) is 14.4 Å². The van der Waals surface area contributed by atoms with Crippen molar-refractivity contribution in [3.63, 3.8) is 0 Å². The van der Waals surface area contributed by atoms with Crippen LogP contribution in [0.1, 0.15) is 79.3 Å². The number of fused-ring (bicyclic) bond motifs is 2. The first kappa shape index (κ1) is 46.7. The average Bonchev–Trinajstić information content (AvgIpc) is 3.63. The predicted molar refractivity (Wildman–Crippen MR) is 254 cm³/mol. The number of para-hydroxylation sites is 1. The van der Waals surface area contributed by atoms with E-state index in [0.29, 0.717) is 41.5 Å². The van der Waals surface area contributed by atoms with Crippen LogP contribution in [0.5, 0.6) is 0 Å². The summed E-state index contributed by atoms with van der Waals surface area (Å²) in [6, 6.07) is 34.8. The first-order valence-electron chi connectivity index (χ1n) is 22.2. The summed E-state index contributed by atoms with van der Waals surface area (Å²) in [5.74, 6) is -1.42. The van der Waals surface area contributed by atoms with Crippen molar-refractivity contribution in [3.8, 4) is 0 Å². The fourth-order valence-electron chi connectivity index (χ4n) is 8.96. The molecule has 0 saturated carbocycles. The van der Waals surface area contributed by atoms with E-state index in [1.807, 2.05) is 126 Å². The number of aryl methyl sites for hydroxylation is 3. The summed E-state index contributed by atoms with van der Waals surface area (Å²) >= 11 is 0. The third-order valence-electron chi connectivity index (χ3n) is 11.9. The minimum absolute atomic E-state index is 0.0915. The normalized spacial score (nSPS) is 13.6. The van der Waals surface area contributed by atoms with Crippen molar-refractivity contribution >= 4 is 49.4 Å². The zero-order valence-electron chi connectivity index (χ0n) is 37.5. The zero-order valence-corrected chi connectivity index (χ0v) is 38.4. The van der Waals surface area contributed by atoms with Crippen LogP contribution in [0.15, 0.2) is 120 Å². The molecule has 6 rings (SSSR count). The van der Waals surface area contributed by atoms with E-state index >= 15 is 0 Å². The summed E-state index contributed by atoms with van der Waals surface area (Å²) < 4.78 is 30.4. The number of carbonyl (C=O) groups excluding carboxylic acids is 3. The smallest absolute Gasteiger partial charge is 0.268 e. The van der Waals surface area contributed by atoms with Crippen molar-refractivity contribution < 1.29 is 22.8 Å². The summed E-state index contributed by atoms with van der Waals surface area (Å²) in [5.41, 5.74) is 5.67. The van der Waals surface area contributed by atoms with Crippen LogP contribution >= 0.6 is 0 Å². The topological polar surface area (TPSA) is 138 Å². The lowest BCUT2D eigenvalue weighted by atomic mass is 9.90. The van der Waals surface area contributed by atoms with Crippen LogP contribution in [0.2, 0.25) is 0 Å². The molecule has 0 fully saturated rings. The van der Waals surface area contributed by atoms with Gasteiger partial charge in [0, 0.05) is 49.1 Å². The minimum Gasteiger partial charge on any atom is -0.359 e. The second-order valence-corrected chi connectivity index (χ2v) is 19.0. The van der Waals surface area contributed by atoms with Crippen LogP contribution in [0.3, 0.4) is 0 Å². The van der Waals surface area contributed by atoms with E-state index in [-0.39, 0.29) is 53.5 Å². The quantitative estimate of drug-likeness (QED) is 0.0536. The van der Waals surface area contributed by atoms with Gasteiger partial charge in [-0.15, -0.1) is 0 Å². The van der Waals surface area contributed by atoms with Crippen LogP contribution in [0, 0.1) is 32.6 Å². The van der Waals surface area contributed by atoms with Gasteiger partial charge in [0.25, 0.3) is 10.0 Å². The standard InChI is InChI=1S/C52H63N5O5S/c1-35-26-36(2)50(37(3)27-35)63(61,62)57-34-45(47-21-12-13-22-48(47)57)32-44(29-39(5)55-49(58)31-41-23-24-42-18-10-11-19-43(42)30-41)52(60)56-46(28-38(4)51(59)53-6)20-14-15-25-54-33-40-16-8-7-9-17-40/h7-13,16-19,21-24,26-27,30,34,38-39,44,46,54H,14-15,20,25,28-29,31-33H2,1-6H3,(H,53,59)(H,55,58)(H,56,60)/t38-,39-,44-,46+/m1/s1. The monoisotopic (exact) mass is 869 g/mol. The molecule has 6 aromatic rings. The average molecular weight is 870 g/mol. The Morgan fingerprint density at radius 3 is 2.13 bits per heavy atom. The second kappa shape index (κ2) is 21.5. The maximum atomic E-state index is 14.7. The Hall–Kier alpha value is -5.78. The van der Waals surface area contributed by atoms with Gasteiger partial charge in [0.05, 0.1) is 16.8 Å². The lowest BCUT2D eigenvalue weighted by Gasteiger charge is -2.26. The van der Waals surface area contributed by atoms with E-state index < -0.39 is 15.9 Å². The molecule has 0 spiro atoms. The molecule has 11 heteroatoms. The highest BCUT2D eigenvalue weighted by molar-refractivity contribution is 7.90. The van der Waals surface area contributed by atoms with Crippen molar-refractivity contribution in [2.75, 3.05) is 13.6 Å². The number of hydrogen-bond donors (Lipinski definition) is 4. The summed E-state index contributed by atoms with van der Waals surface area (Å²) in [5, 5.41) is 15.6. The van der Waals surface area contributed by atoms with Crippen molar-refractivity contribution in [1.82, 2.24) is 25.2 Å². The third-order valence-corrected chi connectivity index (χ3v) is 13.9. The van der Waals surface area contributed by atoms with Crippen LogP contribution in [0.25, 0.3) is 21.7 Å². The Labute approximate surface area is 373 Å². The van der Waals surface area contributed by atoms with Gasteiger partial charge in [-0.05, 0) is 111 Å². The molecule has 1 heterocycles. The SMILES string of the molecule is CNC(=O)[C@H](C)C[C@H](CCCCNCc1ccccc1)NC(=O)[C@@H](Cc1cn(S(=O)(=O)c2c(C)cc(C)cc2C)c2ccccc12)C[C@@H](C)NC(=O)Cc1ccc2ccccc2c1. The molecule has 0 saturated heterocycles. The maximum Gasteiger partial charge on any atom is 0.268 e. The van der Waals surface area contributed by atoms with E-state index in [2.05, 4.69) is 33.4 Å². The van der Waals surface area contributed by atoms with Gasteiger partial charge in [0.1, 0.15) is 0 Å². The van der Waals surface area contributed by atoms with E-state index in [1.165, 1.54) is 9.54 Å². The van der Waals surface area contributed by atoms with Gasteiger partial charge < -0.3 is 21.3 Å². The number of carbonyl (C=O) groups is 3. The number of rotatable bonds is 21. The molecule has 0 radical (unpaired) electrons. The molecular formula is C52H63N5O5S. The number of hydrogen-bond acceptors (Lipinski definition) is 6. The first-order valence-corrected chi connectivity index (χ1v) is 23.6. The molecule has 5 aromatic carbocycles. The molecular weight excluding hydrogens is 807 g/mol. The number of nitrogens with zero attached hydrogens (tertiary/aromatic N) is 1. The molecule has 1 aromatic heterocycles. The molecule has 0 aliphatic rings. The van der Waals surface area contributed by atoms with Crippen LogP contribution < -0.4 is 21.3 Å². The minimum atomic E-state index is -4.02. The highest BCUT2D eigenvalue weighted by Gasteiger charge is 2.30. The van der Waals surface area contributed by atoms with E-state index in [1.54, 1.807) is 19.3 Å². The highest BCUT2D eigenvalue weighted by Crippen LogP contribution is 2.32. The van der Waals surface area contributed by atoms with Crippen LogP contribution in [0.4, 0.5) is 0 Å². The lowest BCUT2D eigenvalue weighted by molar-refractivity contribution is -0.128. The van der Waals surface area contributed by atoms with Crippen molar-refractivity contribution in [1.29, 1.82) is 0 Å². The molecule has 0 bridgehead atoms. The van der Waals surface area contributed by atoms with Gasteiger partial charge in [0.2, 0.25) is 17.7 Å². The summed E-state index contributed by atoms with van der Waals surface area (Å²) in [4.78, 5) is 41.2. The molecule has 0 aliphatic heterocycles. The van der Waals surface area contributed by atoms with Crippen LogP contribution in [-0.4, -0.2) is 55.8 Å².